The van der Waals surface area contributed by atoms with Crippen LogP contribution in [-0.4, -0.2) is 46.0 Å². The van der Waals surface area contributed by atoms with Gasteiger partial charge in [-0.3, -0.25) is 19.3 Å². The Morgan fingerprint density at radius 1 is 1.11 bits per heavy atom. The van der Waals surface area contributed by atoms with E-state index in [-0.39, 0.29) is 36.0 Å². The van der Waals surface area contributed by atoms with Crippen LogP contribution in [0.15, 0.2) is 47.4 Å². The van der Waals surface area contributed by atoms with Gasteiger partial charge in [0.2, 0.25) is 5.43 Å². The van der Waals surface area contributed by atoms with Gasteiger partial charge in [0, 0.05) is 19.3 Å². The lowest BCUT2D eigenvalue weighted by Crippen LogP contribution is -2.65. The van der Waals surface area contributed by atoms with Crippen molar-refractivity contribution in [2.75, 3.05) is 12.1 Å². The van der Waals surface area contributed by atoms with E-state index in [1.54, 1.807) is 22.8 Å². The summed E-state index contributed by atoms with van der Waals surface area (Å²) >= 11 is 0. The monoisotopic (exact) mass is 383 g/mol. The van der Waals surface area contributed by atoms with Crippen molar-refractivity contribution in [3.05, 3.63) is 64.1 Å². The molecule has 2 aliphatic rings. The van der Waals surface area contributed by atoms with E-state index in [0.29, 0.717) is 0 Å². The molecule has 1 aromatic heterocycles. The molecule has 4 rings (SSSR count). The molecule has 28 heavy (non-hydrogen) atoms. The first-order valence-corrected chi connectivity index (χ1v) is 9.61. The predicted molar refractivity (Wildman–Crippen MR) is 105 cm³/mol. The fraction of sp³-hybridized carbons (Fsp3) is 0.429. The summed E-state index contributed by atoms with van der Waals surface area (Å²) in [5, 5.41) is 12.4. The van der Waals surface area contributed by atoms with E-state index in [2.05, 4.69) is 5.01 Å². The van der Waals surface area contributed by atoms with Gasteiger partial charge in [-0.15, -0.1) is 0 Å². The number of rotatable bonds is 3. The topological polar surface area (TPSA) is 75.0 Å². The number of aromatic nitrogens is 1. The van der Waals surface area contributed by atoms with Gasteiger partial charge in [-0.05, 0) is 32.3 Å². The first-order valence-electron chi connectivity index (χ1n) is 9.61. The van der Waals surface area contributed by atoms with Crippen LogP contribution in [-0.2, 0) is 4.74 Å². The van der Waals surface area contributed by atoms with Crippen molar-refractivity contribution in [3.8, 4) is 5.75 Å². The van der Waals surface area contributed by atoms with E-state index in [1.165, 1.54) is 6.07 Å². The highest BCUT2D eigenvalue weighted by atomic mass is 16.5. The summed E-state index contributed by atoms with van der Waals surface area (Å²) in [7, 11) is 1.71. The van der Waals surface area contributed by atoms with Crippen molar-refractivity contribution in [2.24, 2.45) is 0 Å². The van der Waals surface area contributed by atoms with Crippen molar-refractivity contribution >= 4 is 5.91 Å². The van der Waals surface area contributed by atoms with Crippen molar-refractivity contribution in [3.63, 3.8) is 0 Å². The zero-order valence-corrected chi connectivity index (χ0v) is 16.3. The number of ether oxygens (including phenoxy) is 1. The third-order valence-electron chi connectivity index (χ3n) is 5.51. The molecular formula is C21H25N3O4. The summed E-state index contributed by atoms with van der Waals surface area (Å²) in [5.74, 6) is -0.872. The van der Waals surface area contributed by atoms with Gasteiger partial charge in [-0.2, -0.15) is 0 Å². The minimum Gasteiger partial charge on any atom is -0.502 e. The van der Waals surface area contributed by atoms with Crippen LogP contribution in [0.25, 0.3) is 0 Å². The number of aromatic hydroxyl groups is 1. The number of benzene rings is 1. The van der Waals surface area contributed by atoms with Crippen LogP contribution in [0.5, 0.6) is 5.75 Å². The largest absolute Gasteiger partial charge is 0.502 e. The summed E-state index contributed by atoms with van der Waals surface area (Å²) in [6.45, 7) is 4.02. The summed E-state index contributed by atoms with van der Waals surface area (Å²) in [4.78, 5) is 26.5. The molecule has 0 aliphatic carbocycles. The van der Waals surface area contributed by atoms with E-state index >= 15 is 0 Å². The van der Waals surface area contributed by atoms with E-state index in [0.717, 1.165) is 18.4 Å². The molecular weight excluding hydrogens is 358 g/mol. The number of carbonyl (C=O) groups excluding carboxylic acids is 1. The van der Waals surface area contributed by atoms with E-state index in [1.807, 2.05) is 44.2 Å². The Balaban J connectivity index is 1.91. The highest BCUT2D eigenvalue weighted by Gasteiger charge is 2.47. The fourth-order valence-electron chi connectivity index (χ4n) is 4.33. The van der Waals surface area contributed by atoms with Gasteiger partial charge in [-0.25, -0.2) is 0 Å². The Hall–Kier alpha value is -2.80. The predicted octanol–water partition coefficient (Wildman–Crippen LogP) is 2.23. The first-order chi connectivity index (χ1) is 13.4. The summed E-state index contributed by atoms with van der Waals surface area (Å²) < 4.78 is 7.89. The molecule has 3 unspecified atom stereocenters. The molecule has 3 atom stereocenters. The summed E-state index contributed by atoms with van der Waals surface area (Å²) in [6.07, 6.45) is 2.88. The van der Waals surface area contributed by atoms with Gasteiger partial charge >= 0.3 is 0 Å². The van der Waals surface area contributed by atoms with Crippen molar-refractivity contribution in [1.29, 1.82) is 0 Å². The molecule has 7 heteroatoms. The molecule has 148 valence electrons. The maximum absolute atomic E-state index is 12.9. The number of amides is 1. The lowest BCUT2D eigenvalue weighted by molar-refractivity contribution is -0.0465. The first kappa shape index (κ1) is 18.6. The number of pyridine rings is 1. The number of nitrogens with zero attached hydrogens (tertiary/aromatic N) is 3. The zero-order valence-electron chi connectivity index (χ0n) is 16.3. The van der Waals surface area contributed by atoms with E-state index in [4.69, 9.17) is 4.74 Å². The van der Waals surface area contributed by atoms with Crippen molar-refractivity contribution in [2.45, 2.75) is 51.1 Å². The van der Waals surface area contributed by atoms with Crippen LogP contribution in [0, 0.1) is 0 Å². The molecule has 1 saturated heterocycles. The van der Waals surface area contributed by atoms with Crippen LogP contribution in [0.2, 0.25) is 0 Å². The Kier molecular flexibility index (Phi) is 4.63. The van der Waals surface area contributed by atoms with Crippen LogP contribution in [0.4, 0.5) is 0 Å². The minimum atomic E-state index is -0.560. The SMILES string of the molecule is CC(C)OC1CCC2N(C)C(=O)c3c(O)c(=O)ccn3N2C1c1ccccc1. The van der Waals surface area contributed by atoms with Crippen LogP contribution in [0.1, 0.15) is 48.8 Å². The maximum atomic E-state index is 12.9. The number of piperidine rings is 1. The molecule has 1 N–H and O–H groups in total. The Morgan fingerprint density at radius 2 is 1.82 bits per heavy atom. The molecule has 0 saturated carbocycles. The smallest absolute Gasteiger partial charge is 0.277 e. The van der Waals surface area contributed by atoms with Crippen LogP contribution in [0.3, 0.4) is 0 Å². The molecule has 0 radical (unpaired) electrons. The second-order valence-electron chi connectivity index (χ2n) is 7.65. The minimum absolute atomic E-state index is 0.00243. The van der Waals surface area contributed by atoms with Crippen LogP contribution < -0.4 is 10.4 Å². The Bertz CT molecular complexity index is 940. The lowest BCUT2D eigenvalue weighted by Gasteiger charge is -2.53. The van der Waals surface area contributed by atoms with E-state index < -0.39 is 11.2 Å². The average Bonchev–Trinajstić information content (AvgIpc) is 2.68. The molecule has 1 amide bonds. The lowest BCUT2D eigenvalue weighted by atomic mass is 9.90. The Morgan fingerprint density at radius 3 is 2.50 bits per heavy atom. The quantitative estimate of drug-likeness (QED) is 0.880. The second-order valence-corrected chi connectivity index (χ2v) is 7.65. The molecule has 2 aliphatic heterocycles. The van der Waals surface area contributed by atoms with Gasteiger partial charge in [-0.1, -0.05) is 30.3 Å². The number of fused-ring (bicyclic) bond motifs is 3. The molecule has 1 fully saturated rings. The molecule has 0 bridgehead atoms. The molecule has 3 heterocycles. The van der Waals surface area contributed by atoms with Gasteiger partial charge in [0.15, 0.2) is 11.4 Å². The van der Waals surface area contributed by atoms with Crippen molar-refractivity contribution < 1.29 is 14.6 Å². The maximum Gasteiger partial charge on any atom is 0.277 e. The number of hydrogen-bond acceptors (Lipinski definition) is 5. The molecule has 2 aromatic rings. The zero-order chi connectivity index (χ0) is 20.0. The van der Waals surface area contributed by atoms with E-state index in [9.17, 15) is 14.7 Å². The number of carbonyl (C=O) groups is 1. The normalized spacial score (nSPS) is 24.3. The molecule has 7 nitrogen and oxygen atoms in total. The number of hydrogen-bond donors (Lipinski definition) is 1. The van der Waals surface area contributed by atoms with Gasteiger partial charge in [0.1, 0.15) is 6.17 Å². The standard InChI is InChI=1S/C21H25N3O4/c1-13(2)28-16-9-10-17-22(3)21(27)19-20(26)15(25)11-12-23(19)24(17)18(16)14-7-5-4-6-8-14/h4-8,11-13,16-18,26H,9-10H2,1-3H3. The van der Waals surface area contributed by atoms with Gasteiger partial charge < -0.3 is 14.7 Å². The van der Waals surface area contributed by atoms with Gasteiger partial charge in [0.25, 0.3) is 5.91 Å². The summed E-state index contributed by atoms with van der Waals surface area (Å²) in [6, 6.07) is 11.1. The second kappa shape index (κ2) is 6.98. The Labute approximate surface area is 163 Å². The summed E-state index contributed by atoms with van der Waals surface area (Å²) in [5.41, 5.74) is 0.497. The third-order valence-corrected chi connectivity index (χ3v) is 5.51. The molecule has 1 aromatic carbocycles. The highest BCUT2D eigenvalue weighted by molar-refractivity contribution is 5.96. The highest BCUT2D eigenvalue weighted by Crippen LogP contribution is 2.40. The fourth-order valence-corrected chi connectivity index (χ4v) is 4.33. The van der Waals surface area contributed by atoms with Crippen molar-refractivity contribution in [1.82, 2.24) is 9.58 Å². The molecule has 0 spiro atoms. The van der Waals surface area contributed by atoms with Gasteiger partial charge in [0.05, 0.1) is 18.2 Å². The van der Waals surface area contributed by atoms with Crippen LogP contribution >= 0.6 is 0 Å². The third kappa shape index (κ3) is 2.86. The average molecular weight is 383 g/mol.